The number of anilines is 1. The molecule has 0 radical (unpaired) electrons. The van der Waals surface area contributed by atoms with Crippen molar-refractivity contribution in [3.63, 3.8) is 0 Å². The first kappa shape index (κ1) is 14.1. The lowest BCUT2D eigenvalue weighted by atomic mass is 10.2. The van der Waals surface area contributed by atoms with E-state index in [9.17, 15) is 4.79 Å². The number of hydrogen-bond acceptors (Lipinski definition) is 6. The smallest absolute Gasteiger partial charge is 0.346 e. The molecule has 7 heteroatoms. The van der Waals surface area contributed by atoms with Gasteiger partial charge in [-0.3, -0.25) is 0 Å². The second kappa shape index (κ2) is 5.75. The Labute approximate surface area is 119 Å². The Morgan fingerprint density at radius 2 is 2.32 bits per heavy atom. The van der Waals surface area contributed by atoms with Crippen molar-refractivity contribution in [3.8, 4) is 0 Å². The van der Waals surface area contributed by atoms with E-state index < -0.39 is 5.97 Å². The molecule has 5 nitrogen and oxygen atoms in total. The van der Waals surface area contributed by atoms with Crippen LogP contribution in [0.1, 0.15) is 22.2 Å². The molecule has 2 aromatic heterocycles. The summed E-state index contributed by atoms with van der Waals surface area (Å²) in [6.45, 7) is 4.71. The third-order valence-corrected chi connectivity index (χ3v) is 5.04. The van der Waals surface area contributed by atoms with Crippen LogP contribution in [-0.4, -0.2) is 39.1 Å². The number of carboxylic acids is 1. The molecule has 1 atom stereocenters. The van der Waals surface area contributed by atoms with Crippen LogP contribution >= 0.6 is 23.1 Å². The maximum absolute atomic E-state index is 11.2. The van der Waals surface area contributed by atoms with Crippen LogP contribution < -0.4 is 5.32 Å². The summed E-state index contributed by atoms with van der Waals surface area (Å²) in [5.41, 5.74) is 0.729. The van der Waals surface area contributed by atoms with Gasteiger partial charge in [0.1, 0.15) is 21.9 Å². The predicted octanol–water partition coefficient (Wildman–Crippen LogP) is 2.86. The zero-order valence-corrected chi connectivity index (χ0v) is 12.6. The Morgan fingerprint density at radius 3 is 2.95 bits per heavy atom. The molecular weight excluding hydrogens is 282 g/mol. The minimum atomic E-state index is -0.913. The molecule has 0 bridgehead atoms. The van der Waals surface area contributed by atoms with Crippen molar-refractivity contribution in [2.45, 2.75) is 19.1 Å². The van der Waals surface area contributed by atoms with E-state index in [0.29, 0.717) is 20.8 Å². The van der Waals surface area contributed by atoms with Crippen LogP contribution in [0.4, 0.5) is 5.82 Å². The molecule has 0 amide bonds. The van der Waals surface area contributed by atoms with Gasteiger partial charge in [-0.1, -0.05) is 6.92 Å². The fraction of sp³-hybridized carbons (Fsp3) is 0.417. The number of carbonyl (C=O) groups is 1. The van der Waals surface area contributed by atoms with Gasteiger partial charge in [-0.25, -0.2) is 14.8 Å². The minimum Gasteiger partial charge on any atom is -0.477 e. The number of thiophene rings is 1. The highest BCUT2D eigenvalue weighted by Gasteiger charge is 2.18. The Morgan fingerprint density at radius 1 is 1.58 bits per heavy atom. The number of aryl methyl sites for hydroxylation is 1. The third kappa shape index (κ3) is 2.82. The fourth-order valence-corrected chi connectivity index (χ4v) is 2.97. The van der Waals surface area contributed by atoms with Gasteiger partial charge in [0.05, 0.1) is 5.39 Å². The molecule has 0 spiro atoms. The van der Waals surface area contributed by atoms with Gasteiger partial charge in [-0.15, -0.1) is 11.3 Å². The first-order valence-electron chi connectivity index (χ1n) is 5.78. The average Bonchev–Trinajstić information content (AvgIpc) is 2.74. The summed E-state index contributed by atoms with van der Waals surface area (Å²) in [4.78, 5) is 20.6. The van der Waals surface area contributed by atoms with E-state index >= 15 is 0 Å². The van der Waals surface area contributed by atoms with Crippen molar-refractivity contribution in [1.29, 1.82) is 0 Å². The van der Waals surface area contributed by atoms with Crippen LogP contribution in [0.5, 0.6) is 0 Å². The summed E-state index contributed by atoms with van der Waals surface area (Å²) < 4.78 is 0. The van der Waals surface area contributed by atoms with Gasteiger partial charge < -0.3 is 10.4 Å². The molecule has 0 aliphatic heterocycles. The SMILES string of the molecule is CSC(C)CNc1ncnc2sc(C(=O)O)c(C)c12. The van der Waals surface area contributed by atoms with E-state index in [1.54, 1.807) is 18.7 Å². The van der Waals surface area contributed by atoms with Crippen molar-refractivity contribution in [2.75, 3.05) is 18.1 Å². The van der Waals surface area contributed by atoms with E-state index in [0.717, 1.165) is 17.5 Å². The topological polar surface area (TPSA) is 75.1 Å². The second-order valence-corrected chi connectivity index (χ2v) is 6.47. The van der Waals surface area contributed by atoms with Gasteiger partial charge >= 0.3 is 5.97 Å². The average molecular weight is 297 g/mol. The number of hydrogen-bond donors (Lipinski definition) is 2. The maximum atomic E-state index is 11.2. The van der Waals surface area contributed by atoms with Crippen LogP contribution in [0.25, 0.3) is 10.2 Å². The van der Waals surface area contributed by atoms with Gasteiger partial charge in [0, 0.05) is 11.8 Å². The third-order valence-electron chi connectivity index (χ3n) is 2.88. The van der Waals surface area contributed by atoms with Crippen LogP contribution in [0.15, 0.2) is 6.33 Å². The number of aromatic carboxylic acids is 1. The molecular formula is C12H15N3O2S2. The van der Waals surface area contributed by atoms with E-state index in [-0.39, 0.29) is 0 Å². The second-order valence-electron chi connectivity index (χ2n) is 4.19. The van der Waals surface area contributed by atoms with E-state index in [1.807, 2.05) is 0 Å². The highest BCUT2D eigenvalue weighted by atomic mass is 32.2. The van der Waals surface area contributed by atoms with Crippen molar-refractivity contribution in [1.82, 2.24) is 9.97 Å². The Kier molecular flexibility index (Phi) is 4.26. The number of aromatic nitrogens is 2. The van der Waals surface area contributed by atoms with Crippen LogP contribution in [0.3, 0.4) is 0 Å². The molecule has 102 valence electrons. The largest absolute Gasteiger partial charge is 0.477 e. The molecule has 1 unspecified atom stereocenters. The molecule has 2 N–H and O–H groups in total. The minimum absolute atomic E-state index is 0.330. The number of thioether (sulfide) groups is 1. The summed E-state index contributed by atoms with van der Waals surface area (Å²) in [6.07, 6.45) is 3.52. The molecule has 0 saturated carbocycles. The molecule has 2 heterocycles. The first-order chi connectivity index (χ1) is 9.04. The molecule has 0 aromatic carbocycles. The van der Waals surface area contributed by atoms with Crippen molar-refractivity contribution in [2.24, 2.45) is 0 Å². The van der Waals surface area contributed by atoms with Crippen molar-refractivity contribution < 1.29 is 9.90 Å². The van der Waals surface area contributed by atoms with Gasteiger partial charge in [0.2, 0.25) is 0 Å². The number of carboxylic acid groups (broad SMARTS) is 1. The fourth-order valence-electron chi connectivity index (χ4n) is 1.73. The van der Waals surface area contributed by atoms with Crippen LogP contribution in [0, 0.1) is 6.92 Å². The quantitative estimate of drug-likeness (QED) is 0.884. The number of nitrogens with one attached hydrogen (secondary N) is 1. The first-order valence-corrected chi connectivity index (χ1v) is 7.89. The highest BCUT2D eigenvalue weighted by molar-refractivity contribution is 7.99. The summed E-state index contributed by atoms with van der Waals surface area (Å²) in [5, 5.41) is 13.7. The predicted molar refractivity (Wildman–Crippen MR) is 80.6 cm³/mol. The van der Waals surface area contributed by atoms with Crippen LogP contribution in [0.2, 0.25) is 0 Å². The van der Waals surface area contributed by atoms with Crippen molar-refractivity contribution >= 4 is 45.1 Å². The molecule has 19 heavy (non-hydrogen) atoms. The number of fused-ring (bicyclic) bond motifs is 1. The number of rotatable bonds is 5. The zero-order chi connectivity index (χ0) is 14.0. The van der Waals surface area contributed by atoms with E-state index in [4.69, 9.17) is 5.11 Å². The lowest BCUT2D eigenvalue weighted by Gasteiger charge is -2.11. The Hall–Kier alpha value is -1.34. The normalized spacial score (nSPS) is 12.6. The maximum Gasteiger partial charge on any atom is 0.346 e. The van der Waals surface area contributed by atoms with Crippen LogP contribution in [-0.2, 0) is 0 Å². The summed E-state index contributed by atoms with van der Waals surface area (Å²) in [7, 11) is 0. The molecule has 2 rings (SSSR count). The molecule has 2 aromatic rings. The zero-order valence-electron chi connectivity index (χ0n) is 10.9. The summed E-state index contributed by atoms with van der Waals surface area (Å²) in [6, 6.07) is 0. The lowest BCUT2D eigenvalue weighted by Crippen LogP contribution is -2.13. The van der Waals surface area contributed by atoms with E-state index in [2.05, 4.69) is 28.5 Å². The Balaban J connectivity index is 2.41. The molecule has 0 aliphatic carbocycles. The van der Waals surface area contributed by atoms with Gasteiger partial charge in [0.15, 0.2) is 0 Å². The monoisotopic (exact) mass is 297 g/mol. The number of nitrogens with zero attached hydrogens (tertiary/aromatic N) is 2. The highest BCUT2D eigenvalue weighted by Crippen LogP contribution is 2.33. The summed E-state index contributed by atoms with van der Waals surface area (Å²) >= 11 is 2.96. The standard InChI is InChI=1S/C12H15N3O2S2/c1-6(18-3)4-13-10-8-7(2)9(12(16)17)19-11(8)15-5-14-10/h5-6H,4H2,1-3H3,(H,16,17)(H,13,14,15). The molecule has 0 saturated heterocycles. The van der Waals surface area contributed by atoms with Gasteiger partial charge in [-0.05, 0) is 18.7 Å². The van der Waals surface area contributed by atoms with Gasteiger partial charge in [-0.2, -0.15) is 11.8 Å². The lowest BCUT2D eigenvalue weighted by molar-refractivity contribution is 0.0701. The molecule has 0 aliphatic rings. The molecule has 0 fully saturated rings. The van der Waals surface area contributed by atoms with Crippen molar-refractivity contribution in [3.05, 3.63) is 16.8 Å². The summed E-state index contributed by atoms with van der Waals surface area (Å²) in [5.74, 6) is -0.198. The Bertz CT molecular complexity index is 612. The van der Waals surface area contributed by atoms with E-state index in [1.165, 1.54) is 17.7 Å². The van der Waals surface area contributed by atoms with Gasteiger partial charge in [0.25, 0.3) is 0 Å².